The molecule has 3 aliphatic rings. The van der Waals surface area contributed by atoms with E-state index >= 15 is 0 Å². The van der Waals surface area contributed by atoms with Gasteiger partial charge in [0.2, 0.25) is 5.91 Å². The lowest BCUT2D eigenvalue weighted by Gasteiger charge is -2.35. The molecule has 1 aromatic carbocycles. The molecule has 158 valence electrons. The molecule has 2 bridgehead atoms. The molecule has 3 aliphatic heterocycles. The number of rotatable bonds is 3. The number of fused-ring (bicyclic) bond motifs is 3. The second-order valence-corrected chi connectivity index (χ2v) is 8.98. The fourth-order valence-electron chi connectivity index (χ4n) is 5.50. The van der Waals surface area contributed by atoms with Gasteiger partial charge >= 0.3 is 0 Å². The summed E-state index contributed by atoms with van der Waals surface area (Å²) in [4.78, 5) is 34.8. The normalized spacial score (nSPS) is 24.5. The van der Waals surface area contributed by atoms with Gasteiger partial charge in [0.05, 0.1) is 11.7 Å². The number of primary amides is 1. The Bertz CT molecular complexity index is 961. The van der Waals surface area contributed by atoms with Gasteiger partial charge in [-0.1, -0.05) is 30.3 Å². The standard InChI is InChI=1S/C23H29N5O2/c1-26-11-9-16(10-12-26)23(30)28-17-7-8-18(28)14-27-19(13-17)20(21(24)29)25-22(27)15-5-3-2-4-6-15/h2-6,16-18H,7-14H2,1H3,(H2,24,29)/t17-,18+/m0/s1. The van der Waals surface area contributed by atoms with Gasteiger partial charge in [0, 0.05) is 30.5 Å². The molecule has 5 rings (SSSR count). The number of nitrogens with two attached hydrogens (primary N) is 1. The number of piperidine rings is 1. The molecule has 2 atom stereocenters. The average Bonchev–Trinajstić information content (AvgIpc) is 3.25. The minimum absolute atomic E-state index is 0.115. The molecule has 0 saturated carbocycles. The average molecular weight is 408 g/mol. The van der Waals surface area contributed by atoms with Crippen molar-refractivity contribution in [3.8, 4) is 11.4 Å². The Balaban J connectivity index is 1.49. The first-order valence-corrected chi connectivity index (χ1v) is 11.0. The molecule has 1 aromatic heterocycles. The Morgan fingerprint density at radius 2 is 1.73 bits per heavy atom. The number of amides is 2. The maximum absolute atomic E-state index is 13.5. The number of nitrogens with zero attached hydrogens (tertiary/aromatic N) is 4. The Labute approximate surface area is 176 Å². The molecular formula is C23H29N5O2. The number of imidazole rings is 1. The Morgan fingerprint density at radius 3 is 2.43 bits per heavy atom. The van der Waals surface area contributed by atoms with Gasteiger partial charge in [-0.3, -0.25) is 9.59 Å². The summed E-state index contributed by atoms with van der Waals surface area (Å²) < 4.78 is 2.15. The smallest absolute Gasteiger partial charge is 0.269 e. The summed E-state index contributed by atoms with van der Waals surface area (Å²) in [6.45, 7) is 2.63. The molecule has 7 heteroatoms. The second kappa shape index (κ2) is 7.54. The summed E-state index contributed by atoms with van der Waals surface area (Å²) in [5, 5.41) is 0. The second-order valence-electron chi connectivity index (χ2n) is 8.98. The van der Waals surface area contributed by atoms with E-state index in [9.17, 15) is 9.59 Å². The molecule has 2 amide bonds. The zero-order valence-corrected chi connectivity index (χ0v) is 17.5. The predicted molar refractivity (Wildman–Crippen MR) is 114 cm³/mol. The number of hydrogen-bond acceptors (Lipinski definition) is 4. The van der Waals surface area contributed by atoms with Crippen LogP contribution in [-0.2, 0) is 17.8 Å². The van der Waals surface area contributed by atoms with Crippen molar-refractivity contribution in [1.29, 1.82) is 0 Å². The van der Waals surface area contributed by atoms with Crippen LogP contribution in [0.3, 0.4) is 0 Å². The van der Waals surface area contributed by atoms with Crippen molar-refractivity contribution in [1.82, 2.24) is 19.4 Å². The van der Waals surface area contributed by atoms with Crippen molar-refractivity contribution in [2.45, 2.75) is 50.7 Å². The van der Waals surface area contributed by atoms with E-state index in [2.05, 4.69) is 26.4 Å². The van der Waals surface area contributed by atoms with Crippen LogP contribution in [0.15, 0.2) is 30.3 Å². The van der Waals surface area contributed by atoms with E-state index in [1.165, 1.54) is 0 Å². The van der Waals surface area contributed by atoms with E-state index in [0.717, 1.165) is 55.9 Å². The quantitative estimate of drug-likeness (QED) is 0.842. The lowest BCUT2D eigenvalue weighted by Crippen LogP contribution is -2.47. The Kier molecular flexibility index (Phi) is 4.85. The zero-order chi connectivity index (χ0) is 20.8. The van der Waals surface area contributed by atoms with Gasteiger partial charge in [0.1, 0.15) is 11.5 Å². The molecule has 4 heterocycles. The first kappa shape index (κ1) is 19.3. The monoisotopic (exact) mass is 407 g/mol. The molecule has 0 radical (unpaired) electrons. The van der Waals surface area contributed by atoms with Crippen LogP contribution in [-0.4, -0.2) is 63.4 Å². The number of benzene rings is 1. The van der Waals surface area contributed by atoms with Crippen LogP contribution in [0.2, 0.25) is 0 Å². The Hall–Kier alpha value is -2.67. The largest absolute Gasteiger partial charge is 0.364 e. The topological polar surface area (TPSA) is 84.5 Å². The first-order chi connectivity index (χ1) is 14.5. The van der Waals surface area contributed by atoms with Crippen molar-refractivity contribution in [2.24, 2.45) is 11.7 Å². The van der Waals surface area contributed by atoms with Crippen LogP contribution >= 0.6 is 0 Å². The molecule has 7 nitrogen and oxygen atoms in total. The zero-order valence-electron chi connectivity index (χ0n) is 17.5. The van der Waals surface area contributed by atoms with E-state index in [4.69, 9.17) is 5.73 Å². The maximum Gasteiger partial charge on any atom is 0.269 e. The molecule has 0 unspecified atom stereocenters. The highest BCUT2D eigenvalue weighted by Gasteiger charge is 2.44. The molecule has 30 heavy (non-hydrogen) atoms. The third-order valence-electron chi connectivity index (χ3n) is 7.10. The van der Waals surface area contributed by atoms with Gasteiger partial charge in [-0.15, -0.1) is 0 Å². The van der Waals surface area contributed by atoms with Gasteiger partial charge in [-0.2, -0.15) is 0 Å². The summed E-state index contributed by atoms with van der Waals surface area (Å²) in [7, 11) is 2.12. The van der Waals surface area contributed by atoms with Crippen LogP contribution in [0.25, 0.3) is 11.4 Å². The van der Waals surface area contributed by atoms with Gasteiger partial charge in [0.15, 0.2) is 0 Å². The number of carbonyl (C=O) groups excluding carboxylic acids is 2. The van der Waals surface area contributed by atoms with Crippen molar-refractivity contribution in [2.75, 3.05) is 20.1 Å². The molecular weight excluding hydrogens is 378 g/mol. The number of aromatic nitrogens is 2. The van der Waals surface area contributed by atoms with Crippen molar-refractivity contribution < 1.29 is 9.59 Å². The summed E-state index contributed by atoms with van der Waals surface area (Å²) in [5.74, 6) is 0.700. The number of likely N-dealkylation sites (tertiary alicyclic amines) is 1. The minimum Gasteiger partial charge on any atom is -0.364 e. The number of hydrogen-bond donors (Lipinski definition) is 1. The van der Waals surface area contributed by atoms with Crippen LogP contribution in [0.5, 0.6) is 0 Å². The predicted octanol–water partition coefficient (Wildman–Crippen LogP) is 1.91. The molecule has 2 N–H and O–H groups in total. The minimum atomic E-state index is -0.494. The molecule has 2 saturated heterocycles. The maximum atomic E-state index is 13.5. The summed E-state index contributed by atoms with van der Waals surface area (Å²) in [5.41, 5.74) is 7.91. The van der Waals surface area contributed by atoms with Crippen LogP contribution in [0.1, 0.15) is 41.9 Å². The summed E-state index contributed by atoms with van der Waals surface area (Å²) in [6, 6.07) is 10.2. The van der Waals surface area contributed by atoms with E-state index in [0.29, 0.717) is 24.6 Å². The van der Waals surface area contributed by atoms with Gasteiger partial charge in [-0.25, -0.2) is 4.98 Å². The van der Waals surface area contributed by atoms with Gasteiger partial charge in [0.25, 0.3) is 5.91 Å². The lowest BCUT2D eigenvalue weighted by molar-refractivity contribution is -0.140. The highest BCUT2D eigenvalue weighted by molar-refractivity contribution is 5.93. The Morgan fingerprint density at radius 1 is 1.03 bits per heavy atom. The van der Waals surface area contributed by atoms with E-state index in [1.807, 2.05) is 30.3 Å². The van der Waals surface area contributed by atoms with Gasteiger partial charge < -0.3 is 20.1 Å². The van der Waals surface area contributed by atoms with Crippen LogP contribution in [0.4, 0.5) is 0 Å². The molecule has 2 aromatic rings. The number of carbonyl (C=O) groups is 2. The van der Waals surface area contributed by atoms with Crippen LogP contribution in [0, 0.1) is 5.92 Å². The summed E-state index contributed by atoms with van der Waals surface area (Å²) in [6.07, 6.45) is 4.49. The first-order valence-electron chi connectivity index (χ1n) is 11.0. The molecule has 0 spiro atoms. The van der Waals surface area contributed by atoms with E-state index in [-0.39, 0.29) is 18.0 Å². The fraction of sp³-hybridized carbons (Fsp3) is 0.522. The highest BCUT2D eigenvalue weighted by atomic mass is 16.2. The molecule has 0 aliphatic carbocycles. The van der Waals surface area contributed by atoms with Gasteiger partial charge in [-0.05, 0) is 45.8 Å². The summed E-state index contributed by atoms with van der Waals surface area (Å²) >= 11 is 0. The van der Waals surface area contributed by atoms with Crippen molar-refractivity contribution in [3.05, 3.63) is 41.7 Å². The fourth-order valence-corrected chi connectivity index (χ4v) is 5.50. The van der Waals surface area contributed by atoms with Crippen molar-refractivity contribution in [3.63, 3.8) is 0 Å². The van der Waals surface area contributed by atoms with Crippen LogP contribution < -0.4 is 5.73 Å². The molecule has 2 fully saturated rings. The van der Waals surface area contributed by atoms with E-state index < -0.39 is 5.91 Å². The SMILES string of the molecule is CN1CCC(C(=O)N2[C@@H]3CC[C@H]2Cc2c(C(N)=O)nc(-c4ccccc4)n2C3)CC1. The third kappa shape index (κ3) is 3.21. The third-order valence-corrected chi connectivity index (χ3v) is 7.10. The van der Waals surface area contributed by atoms with E-state index in [1.54, 1.807) is 0 Å². The highest BCUT2D eigenvalue weighted by Crippen LogP contribution is 2.37. The van der Waals surface area contributed by atoms with Crippen molar-refractivity contribution >= 4 is 11.8 Å². The lowest BCUT2D eigenvalue weighted by atomic mass is 9.94.